The molecule has 0 spiro atoms. The van der Waals surface area contributed by atoms with E-state index < -0.39 is 0 Å². The predicted octanol–water partition coefficient (Wildman–Crippen LogP) is 2.71. The second-order valence-electron chi connectivity index (χ2n) is 8.30. The third-order valence-electron chi connectivity index (χ3n) is 5.85. The van der Waals surface area contributed by atoms with Gasteiger partial charge < -0.3 is 19.9 Å². The first-order valence-corrected chi connectivity index (χ1v) is 11.2. The van der Waals surface area contributed by atoms with Gasteiger partial charge in [-0.15, -0.1) is 0 Å². The number of ether oxygens (including phenoxy) is 1. The van der Waals surface area contributed by atoms with Crippen LogP contribution < -0.4 is 10.6 Å². The molecule has 2 amide bonds. The van der Waals surface area contributed by atoms with Crippen LogP contribution in [0.15, 0.2) is 60.4 Å². The van der Waals surface area contributed by atoms with Crippen molar-refractivity contribution in [3.05, 3.63) is 77.1 Å². The van der Waals surface area contributed by atoms with Crippen LogP contribution in [0.25, 0.3) is 17.0 Å². The Kier molecular flexibility index (Phi) is 7.22. The van der Waals surface area contributed by atoms with Gasteiger partial charge in [0, 0.05) is 61.5 Å². The highest BCUT2D eigenvalue weighted by Crippen LogP contribution is 2.22. The van der Waals surface area contributed by atoms with Gasteiger partial charge in [0.1, 0.15) is 5.70 Å². The van der Waals surface area contributed by atoms with Crippen LogP contribution in [0.2, 0.25) is 0 Å². The van der Waals surface area contributed by atoms with Crippen molar-refractivity contribution in [1.82, 2.24) is 20.1 Å². The molecule has 0 atom stereocenters. The summed E-state index contributed by atoms with van der Waals surface area (Å²) in [5.41, 5.74) is 3.72. The number of hydrogen-bond acceptors (Lipinski definition) is 4. The summed E-state index contributed by atoms with van der Waals surface area (Å²) < 4.78 is 7.39. The Bertz CT molecular complexity index is 1160. The lowest BCUT2D eigenvalue weighted by Gasteiger charge is -2.26. The first kappa shape index (κ1) is 22.8. The Morgan fingerprint density at radius 2 is 1.79 bits per heavy atom. The van der Waals surface area contributed by atoms with E-state index in [1.807, 2.05) is 61.1 Å². The summed E-state index contributed by atoms with van der Waals surface area (Å²) in [6.07, 6.45) is 3.71. The summed E-state index contributed by atoms with van der Waals surface area (Å²) in [5.74, 6) is -0.624. The van der Waals surface area contributed by atoms with Gasteiger partial charge in [-0.2, -0.15) is 0 Å². The van der Waals surface area contributed by atoms with Crippen molar-refractivity contribution in [2.24, 2.45) is 7.05 Å². The smallest absolute Gasteiger partial charge is 0.267 e. The lowest BCUT2D eigenvalue weighted by atomic mass is 10.1. The molecule has 1 fully saturated rings. The van der Waals surface area contributed by atoms with Crippen molar-refractivity contribution in [2.45, 2.75) is 6.92 Å². The Morgan fingerprint density at radius 1 is 1.06 bits per heavy atom. The molecular weight excluding hydrogens is 416 g/mol. The maximum atomic E-state index is 13.1. The normalized spacial score (nSPS) is 14.9. The topological polar surface area (TPSA) is 75.6 Å². The van der Waals surface area contributed by atoms with E-state index in [4.69, 9.17) is 4.74 Å². The molecule has 1 saturated heterocycles. The number of nitrogens with one attached hydrogen (secondary N) is 2. The molecule has 0 radical (unpaired) electrons. The number of carbonyl (C=O) groups is 2. The molecule has 7 heteroatoms. The average Bonchev–Trinajstić information content (AvgIpc) is 3.15. The van der Waals surface area contributed by atoms with Gasteiger partial charge in [-0.3, -0.25) is 14.5 Å². The molecule has 2 heterocycles. The fourth-order valence-corrected chi connectivity index (χ4v) is 3.95. The highest BCUT2D eigenvalue weighted by molar-refractivity contribution is 6.06. The van der Waals surface area contributed by atoms with Crippen LogP contribution in [0.5, 0.6) is 0 Å². The number of rotatable bonds is 7. The summed E-state index contributed by atoms with van der Waals surface area (Å²) in [5, 5.41) is 6.81. The quantitative estimate of drug-likeness (QED) is 0.548. The summed E-state index contributed by atoms with van der Waals surface area (Å²) in [4.78, 5) is 28.3. The fourth-order valence-electron chi connectivity index (χ4n) is 3.95. The van der Waals surface area contributed by atoms with Crippen LogP contribution >= 0.6 is 0 Å². The molecule has 33 heavy (non-hydrogen) atoms. The van der Waals surface area contributed by atoms with Gasteiger partial charge in [0.2, 0.25) is 0 Å². The van der Waals surface area contributed by atoms with E-state index in [0.717, 1.165) is 41.7 Å². The number of aromatic nitrogens is 1. The van der Waals surface area contributed by atoms with E-state index in [-0.39, 0.29) is 17.5 Å². The van der Waals surface area contributed by atoms with Crippen LogP contribution in [0, 0.1) is 6.92 Å². The molecule has 1 aromatic heterocycles. The van der Waals surface area contributed by atoms with E-state index in [9.17, 15) is 9.59 Å². The zero-order valence-electron chi connectivity index (χ0n) is 19.1. The summed E-state index contributed by atoms with van der Waals surface area (Å²) >= 11 is 0. The van der Waals surface area contributed by atoms with Crippen LogP contribution in [0.1, 0.15) is 21.5 Å². The monoisotopic (exact) mass is 446 g/mol. The second-order valence-corrected chi connectivity index (χ2v) is 8.30. The van der Waals surface area contributed by atoms with E-state index in [0.29, 0.717) is 25.3 Å². The summed E-state index contributed by atoms with van der Waals surface area (Å²) in [6, 6.07) is 15.3. The van der Waals surface area contributed by atoms with Gasteiger partial charge in [-0.05, 0) is 31.2 Å². The number of para-hydroxylation sites is 1. The molecular formula is C26H30N4O3. The van der Waals surface area contributed by atoms with Gasteiger partial charge in [0.05, 0.1) is 13.2 Å². The number of benzene rings is 2. The lowest BCUT2D eigenvalue weighted by Crippen LogP contribution is -2.42. The van der Waals surface area contributed by atoms with Crippen molar-refractivity contribution in [3.63, 3.8) is 0 Å². The third kappa shape index (κ3) is 5.69. The fraction of sp³-hybridized carbons (Fsp3) is 0.308. The Morgan fingerprint density at radius 3 is 2.55 bits per heavy atom. The molecule has 7 nitrogen and oxygen atoms in total. The maximum Gasteiger partial charge on any atom is 0.267 e. The number of morpholine rings is 1. The highest BCUT2D eigenvalue weighted by atomic mass is 16.5. The van der Waals surface area contributed by atoms with Gasteiger partial charge in [-0.1, -0.05) is 35.9 Å². The number of carbonyl (C=O) groups excluding carboxylic acids is 2. The van der Waals surface area contributed by atoms with Crippen molar-refractivity contribution in [1.29, 1.82) is 0 Å². The van der Waals surface area contributed by atoms with E-state index >= 15 is 0 Å². The van der Waals surface area contributed by atoms with Gasteiger partial charge in [-0.25, -0.2) is 0 Å². The summed E-state index contributed by atoms with van der Waals surface area (Å²) in [6.45, 7) is 6.35. The molecule has 0 saturated carbocycles. The van der Waals surface area contributed by atoms with Crippen molar-refractivity contribution >= 4 is 28.8 Å². The van der Waals surface area contributed by atoms with Gasteiger partial charge in [0.25, 0.3) is 11.8 Å². The SMILES string of the molecule is Cc1ccc(C(=O)N/C(=C/c2cn(C)c3ccccc23)C(=O)NCCN2CCOCC2)cc1. The Balaban J connectivity index is 1.55. The average molecular weight is 447 g/mol. The zero-order chi connectivity index (χ0) is 23.2. The van der Waals surface area contributed by atoms with Crippen molar-refractivity contribution < 1.29 is 14.3 Å². The first-order chi connectivity index (χ1) is 16.0. The van der Waals surface area contributed by atoms with Crippen LogP contribution in [-0.2, 0) is 16.6 Å². The van der Waals surface area contributed by atoms with E-state index in [2.05, 4.69) is 15.5 Å². The van der Waals surface area contributed by atoms with Crippen LogP contribution in [-0.4, -0.2) is 60.7 Å². The van der Waals surface area contributed by atoms with Crippen LogP contribution in [0.3, 0.4) is 0 Å². The lowest BCUT2D eigenvalue weighted by molar-refractivity contribution is -0.117. The molecule has 0 bridgehead atoms. The van der Waals surface area contributed by atoms with Gasteiger partial charge in [0.15, 0.2) is 0 Å². The largest absolute Gasteiger partial charge is 0.379 e. The van der Waals surface area contributed by atoms with Crippen molar-refractivity contribution in [2.75, 3.05) is 39.4 Å². The van der Waals surface area contributed by atoms with Crippen molar-refractivity contribution in [3.8, 4) is 0 Å². The minimum absolute atomic E-state index is 0.221. The molecule has 0 aliphatic carbocycles. The molecule has 2 aromatic carbocycles. The minimum Gasteiger partial charge on any atom is -0.379 e. The molecule has 2 N–H and O–H groups in total. The number of amides is 2. The second kappa shape index (κ2) is 10.5. The summed E-state index contributed by atoms with van der Waals surface area (Å²) in [7, 11) is 1.96. The zero-order valence-corrected chi connectivity index (χ0v) is 19.1. The Labute approximate surface area is 194 Å². The molecule has 172 valence electrons. The standard InChI is InChI=1S/C26H30N4O3/c1-19-7-9-20(10-8-19)25(31)28-23(26(32)27-11-12-30-13-15-33-16-14-30)17-21-18-29(2)24-6-4-3-5-22(21)24/h3-10,17-18H,11-16H2,1-2H3,(H,27,32)(H,28,31)/b23-17+. The van der Waals surface area contributed by atoms with Gasteiger partial charge >= 0.3 is 0 Å². The van der Waals surface area contributed by atoms with Crippen LogP contribution in [0.4, 0.5) is 0 Å². The minimum atomic E-state index is -0.315. The van der Waals surface area contributed by atoms with E-state index in [1.165, 1.54) is 0 Å². The maximum absolute atomic E-state index is 13.1. The number of fused-ring (bicyclic) bond motifs is 1. The van der Waals surface area contributed by atoms with E-state index in [1.54, 1.807) is 18.2 Å². The molecule has 0 unspecified atom stereocenters. The number of aryl methyl sites for hydroxylation is 2. The molecule has 4 rings (SSSR count). The third-order valence-corrected chi connectivity index (χ3v) is 5.85. The molecule has 1 aliphatic heterocycles. The predicted molar refractivity (Wildman–Crippen MR) is 130 cm³/mol. The molecule has 1 aliphatic rings. The highest BCUT2D eigenvalue weighted by Gasteiger charge is 2.17. The number of hydrogen-bond donors (Lipinski definition) is 2. The Hall–Kier alpha value is -3.42. The molecule has 3 aromatic rings. The number of nitrogens with zero attached hydrogens (tertiary/aromatic N) is 2. The first-order valence-electron chi connectivity index (χ1n) is 11.2.